The third-order valence-corrected chi connectivity index (χ3v) is 9.94. The lowest BCUT2D eigenvalue weighted by molar-refractivity contribution is -0.186. The highest BCUT2D eigenvalue weighted by atomic mass is 16.6. The van der Waals surface area contributed by atoms with Crippen LogP contribution in [0.25, 0.3) is 0 Å². The average Bonchev–Trinajstić information content (AvgIpc) is 3.09. The average molecular weight is 724 g/mol. The Morgan fingerprint density at radius 2 is 1.12 bits per heavy atom. The third kappa shape index (κ3) is 23.9. The molecule has 1 saturated heterocycles. The van der Waals surface area contributed by atoms with Gasteiger partial charge in [0.05, 0.1) is 6.61 Å². The van der Waals surface area contributed by atoms with E-state index in [-0.39, 0.29) is 44.2 Å². The molecule has 0 aliphatic carbocycles. The predicted octanol–water partition coefficient (Wildman–Crippen LogP) is 10.2. The molecule has 0 N–H and O–H groups in total. The number of likely N-dealkylation sites (tertiary alicyclic amines) is 1. The summed E-state index contributed by atoms with van der Waals surface area (Å²) >= 11 is 0. The monoisotopic (exact) mass is 724 g/mol. The van der Waals surface area contributed by atoms with E-state index in [0.717, 1.165) is 13.1 Å². The summed E-state index contributed by atoms with van der Waals surface area (Å²) in [6.45, 7) is 11.5. The molecule has 1 aliphatic rings. The van der Waals surface area contributed by atoms with E-state index in [1.54, 1.807) is 6.92 Å². The quantitative estimate of drug-likeness (QED) is 0.0381. The number of carbonyl (C=O) groups excluding carboxylic acids is 4. The number of unbranched alkanes of at least 4 members (excludes halogenated alkanes) is 12. The van der Waals surface area contributed by atoms with Crippen LogP contribution in [0.5, 0.6) is 0 Å². The zero-order valence-electron chi connectivity index (χ0n) is 33.5. The van der Waals surface area contributed by atoms with Crippen molar-refractivity contribution in [2.45, 2.75) is 226 Å². The predicted molar refractivity (Wildman–Crippen MR) is 204 cm³/mol. The Balaban J connectivity index is 2.56. The molecule has 1 rings (SSSR count). The maximum absolute atomic E-state index is 13.1. The third-order valence-electron chi connectivity index (χ3n) is 9.94. The number of piperidine rings is 1. The van der Waals surface area contributed by atoms with Gasteiger partial charge in [0.15, 0.2) is 6.10 Å². The normalized spacial score (nSPS) is 16.6. The number of ether oxygens (including phenoxy) is 4. The number of esters is 4. The second-order valence-corrected chi connectivity index (χ2v) is 14.8. The summed E-state index contributed by atoms with van der Waals surface area (Å²) in [4.78, 5) is 52.8. The van der Waals surface area contributed by atoms with Crippen LogP contribution in [0.15, 0.2) is 0 Å². The molecule has 0 bridgehead atoms. The summed E-state index contributed by atoms with van der Waals surface area (Å²) in [5.41, 5.74) is 0. The fourth-order valence-electron chi connectivity index (χ4n) is 7.01. The van der Waals surface area contributed by atoms with Gasteiger partial charge in [-0.25, -0.2) is 0 Å². The van der Waals surface area contributed by atoms with Crippen molar-refractivity contribution >= 4 is 23.9 Å². The molecule has 4 atom stereocenters. The van der Waals surface area contributed by atoms with Crippen LogP contribution in [0.4, 0.5) is 0 Å². The van der Waals surface area contributed by atoms with E-state index >= 15 is 0 Å². The topological polar surface area (TPSA) is 108 Å². The van der Waals surface area contributed by atoms with Crippen LogP contribution in [0, 0.1) is 0 Å². The molecule has 0 aromatic carbocycles. The van der Waals surface area contributed by atoms with Gasteiger partial charge in [0.25, 0.3) is 0 Å². The van der Waals surface area contributed by atoms with Gasteiger partial charge in [-0.15, -0.1) is 0 Å². The Kier molecular flexibility index (Phi) is 28.8. The summed E-state index contributed by atoms with van der Waals surface area (Å²) in [5.74, 6) is -1.59. The first-order valence-corrected chi connectivity index (χ1v) is 21.2. The molecular formula is C42H77NO8. The van der Waals surface area contributed by atoms with Gasteiger partial charge in [-0.05, 0) is 65.0 Å². The van der Waals surface area contributed by atoms with Crippen molar-refractivity contribution in [3.05, 3.63) is 0 Å². The van der Waals surface area contributed by atoms with Crippen LogP contribution in [0.2, 0.25) is 0 Å². The van der Waals surface area contributed by atoms with Crippen molar-refractivity contribution < 1.29 is 38.1 Å². The largest absolute Gasteiger partial charge is 0.466 e. The Labute approximate surface area is 312 Å². The van der Waals surface area contributed by atoms with Crippen molar-refractivity contribution in [1.29, 1.82) is 0 Å². The van der Waals surface area contributed by atoms with Crippen LogP contribution < -0.4 is 0 Å². The molecule has 298 valence electrons. The van der Waals surface area contributed by atoms with Crippen molar-refractivity contribution in [3.8, 4) is 0 Å². The number of carbonyl (C=O) groups is 4. The molecule has 9 nitrogen and oxygen atoms in total. The minimum atomic E-state index is -1.01. The lowest BCUT2D eigenvalue weighted by Crippen LogP contribution is -2.45. The second-order valence-electron chi connectivity index (χ2n) is 14.8. The highest BCUT2D eigenvalue weighted by molar-refractivity contribution is 5.71. The fourth-order valence-corrected chi connectivity index (χ4v) is 7.01. The number of hydrogen-bond donors (Lipinski definition) is 0. The van der Waals surface area contributed by atoms with Gasteiger partial charge in [0, 0.05) is 38.1 Å². The Hall–Kier alpha value is -2.16. The fraction of sp³-hybridized carbons (Fsp3) is 0.905. The van der Waals surface area contributed by atoms with E-state index in [9.17, 15) is 19.2 Å². The molecule has 1 heterocycles. The molecule has 1 aliphatic heterocycles. The molecule has 1 fully saturated rings. The Bertz CT molecular complexity index is 911. The number of rotatable bonds is 32. The molecular weight excluding hydrogens is 646 g/mol. The molecule has 0 aromatic heterocycles. The maximum atomic E-state index is 13.1. The van der Waals surface area contributed by atoms with Gasteiger partial charge in [-0.2, -0.15) is 0 Å². The van der Waals surface area contributed by atoms with E-state index in [2.05, 4.69) is 11.8 Å². The zero-order chi connectivity index (χ0) is 37.5. The van der Waals surface area contributed by atoms with Crippen molar-refractivity contribution in [1.82, 2.24) is 4.90 Å². The lowest BCUT2D eigenvalue weighted by Gasteiger charge is -2.36. The van der Waals surface area contributed by atoms with Gasteiger partial charge < -0.3 is 23.8 Å². The number of hydrogen-bond acceptors (Lipinski definition) is 9. The summed E-state index contributed by atoms with van der Waals surface area (Å²) in [5, 5.41) is 0. The highest BCUT2D eigenvalue weighted by Crippen LogP contribution is 2.24. The molecule has 0 aromatic rings. The first-order valence-electron chi connectivity index (χ1n) is 21.2. The van der Waals surface area contributed by atoms with E-state index in [4.69, 9.17) is 18.9 Å². The SMILES string of the molecule is CCCCCCCCCCCCCCCC1CCCCN1CCCC(=O)O[C@@H](C)[C@@H](OC(=O)CCC)[C@@H](CCOC(=O)CCC)OC(=O)CCC. The molecule has 51 heavy (non-hydrogen) atoms. The summed E-state index contributed by atoms with van der Waals surface area (Å²) in [6.07, 6.45) is 23.6. The molecule has 0 radical (unpaired) electrons. The smallest absolute Gasteiger partial charge is 0.306 e. The van der Waals surface area contributed by atoms with E-state index in [1.165, 1.54) is 109 Å². The summed E-state index contributed by atoms with van der Waals surface area (Å²) < 4.78 is 22.6. The summed E-state index contributed by atoms with van der Waals surface area (Å²) in [7, 11) is 0. The second kappa shape index (κ2) is 31.4. The van der Waals surface area contributed by atoms with Crippen molar-refractivity contribution in [3.63, 3.8) is 0 Å². The lowest BCUT2D eigenvalue weighted by atomic mass is 9.96. The van der Waals surface area contributed by atoms with Crippen molar-refractivity contribution in [2.24, 2.45) is 0 Å². The van der Waals surface area contributed by atoms with Gasteiger partial charge in [-0.3, -0.25) is 19.2 Å². The van der Waals surface area contributed by atoms with Crippen LogP contribution in [-0.4, -0.2) is 72.8 Å². The van der Waals surface area contributed by atoms with Crippen LogP contribution in [-0.2, 0) is 38.1 Å². The maximum Gasteiger partial charge on any atom is 0.306 e. The first-order chi connectivity index (χ1) is 24.7. The van der Waals surface area contributed by atoms with Crippen LogP contribution >= 0.6 is 0 Å². The number of nitrogens with zero attached hydrogens (tertiary/aromatic N) is 1. The summed E-state index contributed by atoms with van der Waals surface area (Å²) in [6, 6.07) is 0.591. The van der Waals surface area contributed by atoms with E-state index < -0.39 is 30.3 Å². The van der Waals surface area contributed by atoms with Gasteiger partial charge in [0.1, 0.15) is 12.2 Å². The Morgan fingerprint density at radius 1 is 0.588 bits per heavy atom. The zero-order valence-corrected chi connectivity index (χ0v) is 33.5. The van der Waals surface area contributed by atoms with Gasteiger partial charge >= 0.3 is 23.9 Å². The molecule has 0 amide bonds. The van der Waals surface area contributed by atoms with Crippen LogP contribution in [0.1, 0.15) is 202 Å². The molecule has 0 spiro atoms. The van der Waals surface area contributed by atoms with Crippen molar-refractivity contribution in [2.75, 3.05) is 19.7 Å². The molecule has 0 saturated carbocycles. The highest BCUT2D eigenvalue weighted by Gasteiger charge is 2.36. The Morgan fingerprint density at radius 3 is 1.71 bits per heavy atom. The minimum absolute atomic E-state index is 0.00170. The minimum Gasteiger partial charge on any atom is -0.466 e. The first kappa shape index (κ1) is 46.9. The van der Waals surface area contributed by atoms with Gasteiger partial charge in [-0.1, -0.05) is 118 Å². The van der Waals surface area contributed by atoms with Gasteiger partial charge in [0.2, 0.25) is 0 Å². The standard InChI is InChI=1S/C42H77NO8/c1-6-10-11-12-13-14-15-16-17-18-19-20-21-28-36-29-22-23-32-43(36)33-24-30-41(47)49-35(5)42(51-40(46)27-9-4)37(50-39(45)26-8-3)31-34-48-38(44)25-7-2/h35-37,42H,6-34H2,1-5H3/t35-,36?,37+,42+/m0/s1. The molecule has 9 heteroatoms. The van der Waals surface area contributed by atoms with E-state index in [0.29, 0.717) is 38.1 Å². The van der Waals surface area contributed by atoms with Crippen LogP contribution in [0.3, 0.4) is 0 Å². The van der Waals surface area contributed by atoms with E-state index in [1.807, 2.05) is 20.8 Å². The molecule has 1 unspecified atom stereocenters.